The van der Waals surface area contributed by atoms with Crippen molar-refractivity contribution < 1.29 is 14.5 Å². The van der Waals surface area contributed by atoms with Gasteiger partial charge >= 0.3 is 5.69 Å². The summed E-state index contributed by atoms with van der Waals surface area (Å²) in [7, 11) is 1.24. The average Bonchev–Trinajstić information content (AvgIpc) is 2.48. The van der Waals surface area contributed by atoms with Gasteiger partial charge in [-0.05, 0) is 6.07 Å². The number of methoxy groups -OCH3 is 1. The molecule has 0 fully saturated rings. The highest BCUT2D eigenvalue weighted by Crippen LogP contribution is 2.31. The number of amides is 1. The first-order chi connectivity index (χ1) is 10.0. The molecule has 2 rings (SSSR count). The molecule has 0 spiro atoms. The van der Waals surface area contributed by atoms with Crippen LogP contribution in [0.3, 0.4) is 0 Å². The van der Waals surface area contributed by atoms with Crippen LogP contribution in [-0.4, -0.2) is 27.9 Å². The molecule has 0 saturated carbocycles. The Kier molecular flexibility index (Phi) is 4.29. The molecule has 108 valence electrons. The SMILES string of the molecule is COc1c(C(=O)Nc2nccnc2Cl)cccc1[N+](=O)[O-]. The molecule has 8 nitrogen and oxygen atoms in total. The number of nitrogens with zero attached hydrogens (tertiary/aromatic N) is 3. The van der Waals surface area contributed by atoms with Gasteiger partial charge in [-0.1, -0.05) is 17.7 Å². The van der Waals surface area contributed by atoms with Crippen molar-refractivity contribution in [3.8, 4) is 5.75 Å². The smallest absolute Gasteiger partial charge is 0.311 e. The summed E-state index contributed by atoms with van der Waals surface area (Å²) in [6.07, 6.45) is 2.72. The van der Waals surface area contributed by atoms with Crippen molar-refractivity contribution in [1.82, 2.24) is 9.97 Å². The third-order valence-corrected chi connectivity index (χ3v) is 2.80. The summed E-state index contributed by atoms with van der Waals surface area (Å²) in [5, 5.41) is 13.3. The van der Waals surface area contributed by atoms with Gasteiger partial charge in [0.25, 0.3) is 5.91 Å². The van der Waals surface area contributed by atoms with Gasteiger partial charge in [-0.2, -0.15) is 0 Å². The van der Waals surface area contributed by atoms with E-state index in [2.05, 4.69) is 15.3 Å². The minimum atomic E-state index is -0.641. The van der Waals surface area contributed by atoms with Gasteiger partial charge in [0.05, 0.1) is 17.6 Å². The number of para-hydroxylation sites is 1. The van der Waals surface area contributed by atoms with Crippen molar-refractivity contribution in [3.63, 3.8) is 0 Å². The molecule has 1 heterocycles. The molecule has 0 aliphatic heterocycles. The molecule has 0 aliphatic rings. The summed E-state index contributed by atoms with van der Waals surface area (Å²) in [5.74, 6) is -0.726. The second-order valence-electron chi connectivity index (χ2n) is 3.76. The topological polar surface area (TPSA) is 107 Å². The normalized spacial score (nSPS) is 10.0. The van der Waals surface area contributed by atoms with Gasteiger partial charge in [0.2, 0.25) is 5.75 Å². The maximum absolute atomic E-state index is 12.2. The highest BCUT2D eigenvalue weighted by molar-refractivity contribution is 6.32. The van der Waals surface area contributed by atoms with Gasteiger partial charge < -0.3 is 10.1 Å². The van der Waals surface area contributed by atoms with Crippen LogP contribution in [0, 0.1) is 10.1 Å². The van der Waals surface area contributed by atoms with Crippen LogP contribution in [0.15, 0.2) is 30.6 Å². The molecular weight excluding hydrogens is 300 g/mol. The quantitative estimate of drug-likeness (QED) is 0.686. The summed E-state index contributed by atoms with van der Waals surface area (Å²) < 4.78 is 4.96. The van der Waals surface area contributed by atoms with Crippen LogP contribution in [0.1, 0.15) is 10.4 Å². The van der Waals surface area contributed by atoms with Gasteiger partial charge in [0.15, 0.2) is 11.0 Å². The Bertz CT molecular complexity index is 707. The molecule has 0 aliphatic carbocycles. The fourth-order valence-electron chi connectivity index (χ4n) is 1.64. The Hall–Kier alpha value is -2.74. The highest BCUT2D eigenvalue weighted by Gasteiger charge is 2.23. The first kappa shape index (κ1) is 14.7. The summed E-state index contributed by atoms with van der Waals surface area (Å²) in [6.45, 7) is 0. The number of nitro groups is 1. The van der Waals surface area contributed by atoms with Gasteiger partial charge in [-0.15, -0.1) is 0 Å². The van der Waals surface area contributed by atoms with Gasteiger partial charge in [0, 0.05) is 18.5 Å². The van der Waals surface area contributed by atoms with E-state index in [1.54, 1.807) is 0 Å². The van der Waals surface area contributed by atoms with Crippen molar-refractivity contribution in [3.05, 3.63) is 51.4 Å². The molecule has 0 radical (unpaired) electrons. The van der Waals surface area contributed by atoms with Crippen LogP contribution in [0.25, 0.3) is 0 Å². The van der Waals surface area contributed by atoms with Crippen LogP contribution in [-0.2, 0) is 0 Å². The number of anilines is 1. The highest BCUT2D eigenvalue weighted by atomic mass is 35.5. The first-order valence-electron chi connectivity index (χ1n) is 5.64. The number of carbonyl (C=O) groups excluding carboxylic acids is 1. The Morgan fingerprint density at radius 2 is 2.10 bits per heavy atom. The average molecular weight is 309 g/mol. The molecule has 21 heavy (non-hydrogen) atoms. The number of aromatic nitrogens is 2. The molecule has 9 heteroatoms. The minimum absolute atomic E-state index is 0.00609. The summed E-state index contributed by atoms with van der Waals surface area (Å²) in [5.41, 5.74) is -0.316. The lowest BCUT2D eigenvalue weighted by atomic mass is 10.1. The number of nitrogens with one attached hydrogen (secondary N) is 1. The van der Waals surface area contributed by atoms with E-state index in [4.69, 9.17) is 16.3 Å². The van der Waals surface area contributed by atoms with Crippen LogP contribution < -0.4 is 10.1 Å². The molecule has 0 bridgehead atoms. The van der Waals surface area contributed by atoms with E-state index in [9.17, 15) is 14.9 Å². The van der Waals surface area contributed by atoms with Gasteiger partial charge in [-0.3, -0.25) is 14.9 Å². The van der Waals surface area contributed by atoms with Gasteiger partial charge in [0.1, 0.15) is 0 Å². The maximum Gasteiger partial charge on any atom is 0.311 e. The number of benzene rings is 1. The van der Waals surface area contributed by atoms with E-state index in [0.29, 0.717) is 0 Å². The van der Waals surface area contributed by atoms with Crippen LogP contribution >= 0.6 is 11.6 Å². The number of hydrogen-bond acceptors (Lipinski definition) is 6. The zero-order chi connectivity index (χ0) is 15.4. The predicted octanol–water partition coefficient (Wildman–Crippen LogP) is 2.30. The standard InChI is InChI=1S/C12H9ClN4O4/c1-21-9-7(3-2-4-8(9)17(19)20)12(18)16-11-10(13)14-5-6-15-11/h2-6H,1H3,(H,15,16,18). The number of halogens is 1. The minimum Gasteiger partial charge on any atom is -0.490 e. The summed E-state index contributed by atoms with van der Waals surface area (Å²) in [6, 6.07) is 4.02. The molecule has 2 aromatic rings. The van der Waals surface area contributed by atoms with E-state index < -0.39 is 10.8 Å². The lowest BCUT2D eigenvalue weighted by Gasteiger charge is -2.09. The fraction of sp³-hybridized carbons (Fsp3) is 0.0833. The first-order valence-corrected chi connectivity index (χ1v) is 6.01. The lowest BCUT2D eigenvalue weighted by molar-refractivity contribution is -0.385. The molecule has 1 amide bonds. The molecule has 0 saturated heterocycles. The lowest BCUT2D eigenvalue weighted by Crippen LogP contribution is -2.15. The zero-order valence-corrected chi connectivity index (χ0v) is 11.5. The Morgan fingerprint density at radius 3 is 2.71 bits per heavy atom. The molecular formula is C12H9ClN4O4. The molecule has 0 unspecified atom stereocenters. The molecule has 0 atom stereocenters. The zero-order valence-electron chi connectivity index (χ0n) is 10.7. The fourth-order valence-corrected chi connectivity index (χ4v) is 1.79. The van der Waals surface area contributed by atoms with Crippen molar-refractivity contribution >= 4 is 29.0 Å². The summed E-state index contributed by atoms with van der Waals surface area (Å²) in [4.78, 5) is 30.1. The van der Waals surface area contributed by atoms with Crippen molar-refractivity contribution in [2.24, 2.45) is 0 Å². The summed E-state index contributed by atoms with van der Waals surface area (Å²) >= 11 is 5.78. The number of carbonyl (C=O) groups is 1. The van der Waals surface area contributed by atoms with Crippen molar-refractivity contribution in [2.75, 3.05) is 12.4 Å². The third-order valence-electron chi connectivity index (χ3n) is 2.53. The largest absolute Gasteiger partial charge is 0.490 e. The molecule has 1 aromatic carbocycles. The maximum atomic E-state index is 12.2. The van der Waals surface area contributed by atoms with Crippen LogP contribution in [0.2, 0.25) is 5.15 Å². The second-order valence-corrected chi connectivity index (χ2v) is 4.12. The van der Waals surface area contributed by atoms with Crippen molar-refractivity contribution in [1.29, 1.82) is 0 Å². The monoisotopic (exact) mass is 308 g/mol. The van der Waals surface area contributed by atoms with E-state index in [-0.39, 0.29) is 28.0 Å². The molecule has 1 N–H and O–H groups in total. The van der Waals surface area contributed by atoms with E-state index in [0.717, 1.165) is 0 Å². The Morgan fingerprint density at radius 1 is 1.38 bits per heavy atom. The number of rotatable bonds is 4. The van der Waals surface area contributed by atoms with Crippen LogP contribution in [0.4, 0.5) is 11.5 Å². The van der Waals surface area contributed by atoms with E-state index in [1.807, 2.05) is 0 Å². The van der Waals surface area contributed by atoms with Crippen LogP contribution in [0.5, 0.6) is 5.75 Å². The third kappa shape index (κ3) is 3.06. The second kappa shape index (κ2) is 6.14. The number of hydrogen-bond donors (Lipinski definition) is 1. The molecule has 1 aromatic heterocycles. The van der Waals surface area contributed by atoms with E-state index >= 15 is 0 Å². The Balaban J connectivity index is 2.38. The predicted molar refractivity (Wildman–Crippen MR) is 74.6 cm³/mol. The van der Waals surface area contributed by atoms with Gasteiger partial charge in [-0.25, -0.2) is 9.97 Å². The number of ether oxygens (including phenoxy) is 1. The van der Waals surface area contributed by atoms with Crippen molar-refractivity contribution in [2.45, 2.75) is 0 Å². The van der Waals surface area contributed by atoms with E-state index in [1.165, 1.54) is 37.7 Å². The number of nitro benzene ring substituents is 1. The Labute approximate surface area is 123 Å².